The van der Waals surface area contributed by atoms with Gasteiger partial charge < -0.3 is 26.0 Å². The van der Waals surface area contributed by atoms with Crippen LogP contribution < -0.4 is 16.0 Å². The lowest BCUT2D eigenvalue weighted by Crippen LogP contribution is -2.56. The highest BCUT2D eigenvalue weighted by Gasteiger charge is 2.54. The predicted molar refractivity (Wildman–Crippen MR) is 127 cm³/mol. The maximum absolute atomic E-state index is 13.7. The van der Waals surface area contributed by atoms with Gasteiger partial charge in [-0.25, -0.2) is 4.98 Å². The predicted octanol–water partition coefficient (Wildman–Crippen LogP) is 2.80. The van der Waals surface area contributed by atoms with Crippen molar-refractivity contribution in [3.8, 4) is 0 Å². The fraction of sp³-hybridized carbons (Fsp3) is 0.583. The first-order valence-corrected chi connectivity index (χ1v) is 12.5. The molecule has 0 bridgehead atoms. The highest BCUT2D eigenvalue weighted by atomic mass is 19.4. The van der Waals surface area contributed by atoms with Crippen molar-refractivity contribution in [1.29, 1.82) is 5.41 Å². The van der Waals surface area contributed by atoms with E-state index < -0.39 is 64.6 Å². The van der Waals surface area contributed by atoms with E-state index in [1.807, 2.05) is 5.32 Å². The standard InChI is InChI=1S/C24H28F6N6O3/c25-23(26,27)14-11-33-15(10-13(14)22(39)36-6-2-1-3-7-36)35-8-4-12(5-9-35)18(31)16-17(24(28,29)30)19(37)21(38)34-20(16)32/h10-12,17,19,37H,1-9,31H2,(H2,32,34,38)/t17-,19-/m0/s1. The molecule has 4 heterocycles. The molecule has 5 N–H and O–H groups in total. The van der Waals surface area contributed by atoms with Crippen LogP contribution in [0, 0.1) is 17.2 Å². The van der Waals surface area contributed by atoms with Gasteiger partial charge in [-0.15, -0.1) is 0 Å². The first-order valence-electron chi connectivity index (χ1n) is 12.5. The van der Waals surface area contributed by atoms with Crippen LogP contribution in [-0.4, -0.2) is 71.1 Å². The molecule has 0 radical (unpaired) electrons. The van der Waals surface area contributed by atoms with Crippen molar-refractivity contribution >= 4 is 23.5 Å². The van der Waals surface area contributed by atoms with Gasteiger partial charge in [0, 0.05) is 49.6 Å². The molecule has 0 aromatic carbocycles. The second-order valence-electron chi connectivity index (χ2n) is 9.90. The summed E-state index contributed by atoms with van der Waals surface area (Å²) >= 11 is 0. The third kappa shape index (κ3) is 5.82. The van der Waals surface area contributed by atoms with E-state index in [0.717, 1.165) is 12.5 Å². The van der Waals surface area contributed by atoms with Crippen molar-refractivity contribution in [3.05, 3.63) is 34.7 Å². The van der Waals surface area contributed by atoms with Crippen molar-refractivity contribution in [2.45, 2.75) is 50.6 Å². The van der Waals surface area contributed by atoms with Crippen molar-refractivity contribution in [2.75, 3.05) is 31.1 Å². The number of hydrogen-bond donors (Lipinski definition) is 4. The van der Waals surface area contributed by atoms with E-state index in [1.165, 1.54) is 4.90 Å². The average Bonchev–Trinajstić information content (AvgIpc) is 2.88. The summed E-state index contributed by atoms with van der Waals surface area (Å²) in [5.74, 6) is -6.11. The zero-order chi connectivity index (χ0) is 28.7. The minimum absolute atomic E-state index is 0.120. The number of aromatic nitrogens is 1. The number of rotatable bonds is 3. The number of hydrogen-bond acceptors (Lipinski definition) is 7. The van der Waals surface area contributed by atoms with E-state index in [0.29, 0.717) is 32.1 Å². The topological polar surface area (TPSA) is 136 Å². The molecule has 2 atom stereocenters. The third-order valence-corrected chi connectivity index (χ3v) is 7.40. The largest absolute Gasteiger partial charge is 0.418 e. The molecule has 3 aliphatic heterocycles. The first-order chi connectivity index (χ1) is 18.2. The number of nitrogens with zero attached hydrogens (tertiary/aromatic N) is 3. The molecule has 0 spiro atoms. The van der Waals surface area contributed by atoms with Gasteiger partial charge in [0.1, 0.15) is 23.7 Å². The van der Waals surface area contributed by atoms with Crippen molar-refractivity contribution in [3.63, 3.8) is 0 Å². The molecule has 3 saturated heterocycles. The number of piperidine rings is 3. The van der Waals surface area contributed by atoms with Crippen molar-refractivity contribution in [1.82, 2.24) is 15.2 Å². The Kier molecular flexibility index (Phi) is 7.83. The summed E-state index contributed by atoms with van der Waals surface area (Å²) in [6.45, 7) is 1.01. The maximum Gasteiger partial charge on any atom is 0.418 e. The molecule has 3 aliphatic rings. The van der Waals surface area contributed by atoms with Crippen LogP contribution in [0.15, 0.2) is 23.5 Å². The van der Waals surface area contributed by atoms with Crippen LogP contribution in [0.4, 0.5) is 32.2 Å². The van der Waals surface area contributed by atoms with Crippen LogP contribution in [-0.2, 0) is 11.0 Å². The summed E-state index contributed by atoms with van der Waals surface area (Å²) in [7, 11) is 0. The summed E-state index contributed by atoms with van der Waals surface area (Å²) in [5, 5.41) is 19.7. The van der Waals surface area contributed by atoms with Gasteiger partial charge in [-0.2, -0.15) is 26.3 Å². The smallest absolute Gasteiger partial charge is 0.401 e. The minimum Gasteiger partial charge on any atom is -0.401 e. The van der Waals surface area contributed by atoms with E-state index >= 15 is 0 Å². The number of amidine groups is 1. The Morgan fingerprint density at radius 3 is 2.26 bits per heavy atom. The summed E-state index contributed by atoms with van der Waals surface area (Å²) < 4.78 is 82.1. The quantitative estimate of drug-likeness (QED) is 0.419. The van der Waals surface area contributed by atoms with E-state index in [-0.39, 0.29) is 37.4 Å². The lowest BCUT2D eigenvalue weighted by atomic mass is 9.81. The van der Waals surface area contributed by atoms with E-state index in [9.17, 15) is 41.0 Å². The Balaban J connectivity index is 1.57. The molecule has 214 valence electrons. The number of allylic oxidation sites excluding steroid dienone is 1. The van der Waals surface area contributed by atoms with Crippen LogP contribution in [0.2, 0.25) is 0 Å². The molecular formula is C24H28F6N6O3. The molecule has 2 amide bonds. The first kappa shape index (κ1) is 28.6. The second-order valence-corrected chi connectivity index (χ2v) is 9.90. The van der Waals surface area contributed by atoms with Crippen LogP contribution in [0.25, 0.3) is 0 Å². The van der Waals surface area contributed by atoms with Crippen LogP contribution in [0.5, 0.6) is 0 Å². The number of pyridine rings is 1. The number of likely N-dealkylation sites (tertiary alicyclic amines) is 1. The Labute approximate surface area is 219 Å². The summed E-state index contributed by atoms with van der Waals surface area (Å²) in [6, 6.07) is 1.10. The van der Waals surface area contributed by atoms with Gasteiger partial charge >= 0.3 is 12.4 Å². The SMILES string of the molecule is N=C1NC(=O)[C@@H](O)[C@@H](C(F)(F)F)C1=C(N)C1CCN(c2cc(C(=O)N3CCCCC3)c(C(F)(F)F)cn2)CC1. The number of carbonyl (C=O) groups excluding carboxylic acids is 2. The molecule has 1 aromatic heterocycles. The Bertz CT molecular complexity index is 1170. The number of nitrogens with one attached hydrogen (secondary N) is 2. The van der Waals surface area contributed by atoms with Gasteiger partial charge in [0.05, 0.1) is 11.1 Å². The van der Waals surface area contributed by atoms with E-state index in [4.69, 9.17) is 11.1 Å². The van der Waals surface area contributed by atoms with E-state index in [1.54, 1.807) is 4.90 Å². The maximum atomic E-state index is 13.7. The fourth-order valence-electron chi connectivity index (χ4n) is 5.32. The minimum atomic E-state index is -5.04. The summed E-state index contributed by atoms with van der Waals surface area (Å²) in [6.07, 6.45) is -9.06. The molecule has 15 heteroatoms. The molecule has 1 aromatic rings. The number of anilines is 1. The monoisotopic (exact) mass is 562 g/mol. The third-order valence-electron chi connectivity index (χ3n) is 7.40. The zero-order valence-electron chi connectivity index (χ0n) is 20.7. The van der Waals surface area contributed by atoms with Crippen LogP contribution in [0.3, 0.4) is 0 Å². The number of alkyl halides is 6. The molecule has 9 nitrogen and oxygen atoms in total. The molecule has 39 heavy (non-hydrogen) atoms. The van der Waals surface area contributed by atoms with Gasteiger partial charge in [-0.3, -0.25) is 15.0 Å². The Morgan fingerprint density at radius 1 is 1.08 bits per heavy atom. The van der Waals surface area contributed by atoms with Crippen molar-refractivity contribution in [2.24, 2.45) is 17.6 Å². The Morgan fingerprint density at radius 2 is 1.69 bits per heavy atom. The van der Waals surface area contributed by atoms with Gasteiger partial charge in [0.2, 0.25) is 0 Å². The van der Waals surface area contributed by atoms with Crippen LogP contribution in [0.1, 0.15) is 48.0 Å². The van der Waals surface area contributed by atoms with Crippen molar-refractivity contribution < 1.29 is 41.0 Å². The van der Waals surface area contributed by atoms with Gasteiger partial charge in [-0.1, -0.05) is 0 Å². The number of nitrogens with two attached hydrogens (primary N) is 1. The fourth-order valence-corrected chi connectivity index (χ4v) is 5.32. The highest BCUT2D eigenvalue weighted by molar-refractivity contribution is 6.11. The second kappa shape index (κ2) is 10.7. The van der Waals surface area contributed by atoms with Gasteiger partial charge in [-0.05, 0) is 38.2 Å². The molecule has 4 rings (SSSR count). The number of halogens is 6. The normalized spacial score (nSPS) is 25.0. The van der Waals surface area contributed by atoms with Gasteiger partial charge in [0.25, 0.3) is 11.8 Å². The summed E-state index contributed by atoms with van der Waals surface area (Å²) in [5.41, 5.74) is 3.44. The Hall–Kier alpha value is -3.36. The number of amides is 2. The number of carbonyl (C=O) groups is 2. The van der Waals surface area contributed by atoms with E-state index in [2.05, 4.69) is 4.98 Å². The molecule has 3 fully saturated rings. The lowest BCUT2D eigenvalue weighted by Gasteiger charge is -2.37. The average molecular weight is 563 g/mol. The summed E-state index contributed by atoms with van der Waals surface area (Å²) in [4.78, 5) is 31.6. The molecule has 0 unspecified atom stereocenters. The lowest BCUT2D eigenvalue weighted by molar-refractivity contribution is -0.191. The zero-order valence-corrected chi connectivity index (χ0v) is 20.7. The number of aliphatic hydroxyl groups is 1. The number of aliphatic hydroxyl groups excluding tert-OH is 1. The van der Waals surface area contributed by atoms with Gasteiger partial charge in [0.15, 0.2) is 0 Å². The molecule has 0 aliphatic carbocycles. The highest BCUT2D eigenvalue weighted by Crippen LogP contribution is 2.40. The molecular weight excluding hydrogens is 534 g/mol. The molecule has 0 saturated carbocycles. The van der Waals surface area contributed by atoms with Crippen LogP contribution >= 0.6 is 0 Å².